The van der Waals surface area contributed by atoms with Gasteiger partial charge in [0, 0.05) is 0 Å². The zero-order chi connectivity index (χ0) is 7.56. The SMILES string of the molecule is CCc1n[nH]c(CC)c1Cl. The standard InChI is InChI=1S/C7H11ClN2/c1-3-5-7(8)6(4-2)10-9-5/h3-4H2,1-2H3,(H,9,10). The van der Waals surface area contributed by atoms with Crippen LogP contribution in [0.15, 0.2) is 0 Å². The third-order valence-electron chi connectivity index (χ3n) is 1.53. The summed E-state index contributed by atoms with van der Waals surface area (Å²) in [6.45, 7) is 4.10. The van der Waals surface area contributed by atoms with Gasteiger partial charge in [-0.15, -0.1) is 0 Å². The quantitative estimate of drug-likeness (QED) is 0.703. The fraction of sp³-hybridized carbons (Fsp3) is 0.571. The molecule has 0 fully saturated rings. The van der Waals surface area contributed by atoms with Gasteiger partial charge in [-0.25, -0.2) is 0 Å². The van der Waals surface area contributed by atoms with Crippen LogP contribution in [0, 0.1) is 0 Å². The molecule has 0 amide bonds. The molecular weight excluding hydrogens is 148 g/mol. The van der Waals surface area contributed by atoms with E-state index in [1.165, 1.54) is 0 Å². The van der Waals surface area contributed by atoms with Crippen LogP contribution >= 0.6 is 11.6 Å². The molecule has 1 heterocycles. The number of nitrogens with one attached hydrogen (secondary N) is 1. The van der Waals surface area contributed by atoms with Crippen LogP contribution in [-0.4, -0.2) is 10.2 Å². The van der Waals surface area contributed by atoms with Crippen molar-refractivity contribution in [3.05, 3.63) is 16.4 Å². The van der Waals surface area contributed by atoms with E-state index in [-0.39, 0.29) is 0 Å². The van der Waals surface area contributed by atoms with Crippen molar-refractivity contribution in [3.8, 4) is 0 Å². The summed E-state index contributed by atoms with van der Waals surface area (Å²) in [4.78, 5) is 0. The molecule has 0 bridgehead atoms. The van der Waals surface area contributed by atoms with Crippen LogP contribution in [0.2, 0.25) is 5.02 Å². The number of aromatic amines is 1. The molecule has 3 heteroatoms. The van der Waals surface area contributed by atoms with E-state index in [9.17, 15) is 0 Å². The van der Waals surface area contributed by atoms with Gasteiger partial charge < -0.3 is 0 Å². The van der Waals surface area contributed by atoms with Gasteiger partial charge in [0.1, 0.15) is 0 Å². The van der Waals surface area contributed by atoms with Crippen LogP contribution in [0.3, 0.4) is 0 Å². The molecule has 1 rings (SSSR count). The summed E-state index contributed by atoms with van der Waals surface area (Å²) >= 11 is 5.93. The minimum atomic E-state index is 0.810. The highest BCUT2D eigenvalue weighted by Crippen LogP contribution is 2.18. The van der Waals surface area contributed by atoms with Gasteiger partial charge in [-0.2, -0.15) is 5.10 Å². The monoisotopic (exact) mass is 158 g/mol. The lowest BCUT2D eigenvalue weighted by atomic mass is 10.3. The van der Waals surface area contributed by atoms with Gasteiger partial charge >= 0.3 is 0 Å². The number of H-pyrrole nitrogens is 1. The molecule has 10 heavy (non-hydrogen) atoms. The van der Waals surface area contributed by atoms with Crippen LogP contribution in [-0.2, 0) is 12.8 Å². The molecule has 0 aliphatic heterocycles. The number of aryl methyl sites for hydroxylation is 2. The Morgan fingerprint density at radius 1 is 1.40 bits per heavy atom. The van der Waals surface area contributed by atoms with E-state index in [0.29, 0.717) is 0 Å². The maximum absolute atomic E-state index is 5.93. The van der Waals surface area contributed by atoms with Gasteiger partial charge in [0.15, 0.2) is 0 Å². The van der Waals surface area contributed by atoms with E-state index in [1.54, 1.807) is 0 Å². The van der Waals surface area contributed by atoms with Crippen LogP contribution in [0.4, 0.5) is 0 Å². The summed E-state index contributed by atoms with van der Waals surface area (Å²) in [6, 6.07) is 0. The van der Waals surface area contributed by atoms with E-state index in [0.717, 1.165) is 29.3 Å². The lowest BCUT2D eigenvalue weighted by molar-refractivity contribution is 0.936. The molecule has 0 saturated carbocycles. The highest BCUT2D eigenvalue weighted by atomic mass is 35.5. The topological polar surface area (TPSA) is 28.7 Å². The number of halogens is 1. The Morgan fingerprint density at radius 2 is 2.10 bits per heavy atom. The predicted octanol–water partition coefficient (Wildman–Crippen LogP) is 2.19. The van der Waals surface area contributed by atoms with Crippen molar-refractivity contribution < 1.29 is 0 Å². The van der Waals surface area contributed by atoms with E-state index in [2.05, 4.69) is 17.1 Å². The Hall–Kier alpha value is -0.500. The Kier molecular flexibility index (Phi) is 2.33. The van der Waals surface area contributed by atoms with Crippen molar-refractivity contribution in [1.29, 1.82) is 0 Å². The largest absolute Gasteiger partial charge is 0.281 e. The predicted molar refractivity (Wildman–Crippen MR) is 42.4 cm³/mol. The fourth-order valence-corrected chi connectivity index (χ4v) is 1.23. The Labute approximate surface area is 65.6 Å². The molecule has 1 N–H and O–H groups in total. The number of hydrogen-bond acceptors (Lipinski definition) is 1. The molecule has 0 aromatic carbocycles. The zero-order valence-electron chi connectivity index (χ0n) is 6.24. The molecule has 56 valence electrons. The third kappa shape index (κ3) is 1.16. The molecule has 0 atom stereocenters. The van der Waals surface area contributed by atoms with E-state index in [4.69, 9.17) is 11.6 Å². The first-order valence-electron chi connectivity index (χ1n) is 3.51. The van der Waals surface area contributed by atoms with E-state index in [1.807, 2.05) is 6.92 Å². The molecule has 0 saturated heterocycles. The first-order chi connectivity index (χ1) is 4.79. The first kappa shape index (κ1) is 7.61. The molecule has 1 aromatic heterocycles. The Balaban J connectivity index is 2.97. The normalized spacial score (nSPS) is 10.3. The smallest absolute Gasteiger partial charge is 0.0847 e. The van der Waals surface area contributed by atoms with E-state index >= 15 is 0 Å². The average Bonchev–Trinajstić information content (AvgIpc) is 2.30. The summed E-state index contributed by atoms with van der Waals surface area (Å²) < 4.78 is 0. The molecule has 0 aliphatic carbocycles. The van der Waals surface area contributed by atoms with Crippen LogP contribution in [0.1, 0.15) is 25.2 Å². The lowest BCUT2D eigenvalue weighted by Gasteiger charge is -1.89. The maximum atomic E-state index is 5.93. The molecule has 0 radical (unpaired) electrons. The fourth-order valence-electron chi connectivity index (χ4n) is 0.876. The van der Waals surface area contributed by atoms with Crippen molar-refractivity contribution in [1.82, 2.24) is 10.2 Å². The van der Waals surface area contributed by atoms with Crippen molar-refractivity contribution in [3.63, 3.8) is 0 Å². The number of aromatic nitrogens is 2. The van der Waals surface area contributed by atoms with Gasteiger partial charge in [-0.05, 0) is 12.8 Å². The van der Waals surface area contributed by atoms with Crippen LogP contribution in [0.25, 0.3) is 0 Å². The van der Waals surface area contributed by atoms with Gasteiger partial charge in [0.05, 0.1) is 16.4 Å². The highest BCUT2D eigenvalue weighted by molar-refractivity contribution is 6.31. The zero-order valence-corrected chi connectivity index (χ0v) is 7.00. The Morgan fingerprint density at radius 3 is 2.40 bits per heavy atom. The molecule has 2 nitrogen and oxygen atoms in total. The molecule has 0 unspecified atom stereocenters. The Bertz CT molecular complexity index is 196. The van der Waals surface area contributed by atoms with Crippen molar-refractivity contribution in [2.75, 3.05) is 0 Å². The average molecular weight is 159 g/mol. The molecule has 1 aromatic rings. The molecule has 0 aliphatic rings. The van der Waals surface area contributed by atoms with Crippen molar-refractivity contribution >= 4 is 11.6 Å². The van der Waals surface area contributed by atoms with Gasteiger partial charge in [0.25, 0.3) is 0 Å². The van der Waals surface area contributed by atoms with Gasteiger partial charge in [0.2, 0.25) is 0 Å². The second-order valence-electron chi connectivity index (χ2n) is 2.17. The number of hydrogen-bond donors (Lipinski definition) is 1. The summed E-state index contributed by atoms with van der Waals surface area (Å²) in [5, 5.41) is 7.75. The minimum absolute atomic E-state index is 0.810. The van der Waals surface area contributed by atoms with Gasteiger partial charge in [-0.1, -0.05) is 25.4 Å². The third-order valence-corrected chi connectivity index (χ3v) is 1.98. The van der Waals surface area contributed by atoms with Gasteiger partial charge in [-0.3, -0.25) is 5.10 Å². The lowest BCUT2D eigenvalue weighted by Crippen LogP contribution is -1.79. The second-order valence-corrected chi connectivity index (χ2v) is 2.55. The number of rotatable bonds is 2. The maximum Gasteiger partial charge on any atom is 0.0847 e. The number of nitrogens with zero attached hydrogens (tertiary/aromatic N) is 1. The summed E-state index contributed by atoms with van der Waals surface area (Å²) in [5.74, 6) is 0. The van der Waals surface area contributed by atoms with Crippen molar-refractivity contribution in [2.45, 2.75) is 26.7 Å². The van der Waals surface area contributed by atoms with Crippen LogP contribution < -0.4 is 0 Å². The van der Waals surface area contributed by atoms with E-state index < -0.39 is 0 Å². The van der Waals surface area contributed by atoms with Crippen LogP contribution in [0.5, 0.6) is 0 Å². The summed E-state index contributed by atoms with van der Waals surface area (Å²) in [5.41, 5.74) is 2.01. The second kappa shape index (κ2) is 3.06. The molecular formula is C7H11ClN2. The minimum Gasteiger partial charge on any atom is -0.281 e. The highest BCUT2D eigenvalue weighted by Gasteiger charge is 2.05. The summed E-state index contributed by atoms with van der Waals surface area (Å²) in [6.07, 6.45) is 1.82. The molecule has 0 spiro atoms. The first-order valence-corrected chi connectivity index (χ1v) is 3.89. The summed E-state index contributed by atoms with van der Waals surface area (Å²) in [7, 11) is 0. The van der Waals surface area contributed by atoms with Crippen molar-refractivity contribution in [2.24, 2.45) is 0 Å².